The molecule has 2 aliphatic rings. The van der Waals surface area contributed by atoms with E-state index in [0.29, 0.717) is 38.3 Å². The van der Waals surface area contributed by atoms with Crippen LogP contribution in [0.25, 0.3) is 0 Å². The van der Waals surface area contributed by atoms with Gasteiger partial charge in [-0.25, -0.2) is 19.5 Å². The van der Waals surface area contributed by atoms with Crippen molar-refractivity contribution < 1.29 is 23.5 Å². The number of carbonyl (C=O) groups is 2. The molecule has 2 aromatic rings. The maximum Gasteiger partial charge on any atom is 0.291 e. The largest absolute Gasteiger partial charge is 0.382 e. The van der Waals surface area contributed by atoms with Gasteiger partial charge in [0.15, 0.2) is 0 Å². The molecule has 0 saturated carbocycles. The fraction of sp³-hybridized carbons (Fsp3) is 0.478. The molecule has 12 heteroatoms. The van der Waals surface area contributed by atoms with Gasteiger partial charge in [-0.05, 0) is 25.0 Å². The minimum Gasteiger partial charge on any atom is -0.382 e. The fourth-order valence-electron chi connectivity index (χ4n) is 4.01. The molecule has 4 rings (SSSR count). The van der Waals surface area contributed by atoms with E-state index >= 15 is 0 Å². The van der Waals surface area contributed by atoms with Crippen LogP contribution in [0.5, 0.6) is 0 Å². The fourth-order valence-corrected chi connectivity index (χ4v) is 4.01. The second kappa shape index (κ2) is 11.4. The molecule has 35 heavy (non-hydrogen) atoms. The standard InChI is InChI=1S/C23H30FN7O4/c1-29-20-13-17(8-10-35-12-11-34-2)27-31(20)9-7-19(23(29)33)26-22(32)21-25-15-30(28-21)14-16-5-3-4-6-18(16)24/h3-6,13,15,17,19,27H,7-12,14H2,1-2H3,(H,26,32). The van der Waals surface area contributed by atoms with Crippen molar-refractivity contribution >= 4 is 11.8 Å². The third kappa shape index (κ3) is 6.02. The summed E-state index contributed by atoms with van der Waals surface area (Å²) in [5.74, 6) is -0.463. The molecule has 1 aromatic heterocycles. The number of halogens is 1. The molecule has 0 aliphatic carbocycles. The summed E-state index contributed by atoms with van der Waals surface area (Å²) < 4.78 is 25.8. The summed E-state index contributed by atoms with van der Waals surface area (Å²) in [6, 6.07) is 5.67. The molecule has 2 aliphatic heterocycles. The van der Waals surface area contributed by atoms with Crippen molar-refractivity contribution in [2.24, 2.45) is 0 Å². The zero-order valence-corrected chi connectivity index (χ0v) is 19.8. The average Bonchev–Trinajstić information content (AvgIpc) is 3.47. The van der Waals surface area contributed by atoms with Crippen molar-refractivity contribution in [1.29, 1.82) is 0 Å². The number of benzene rings is 1. The van der Waals surface area contributed by atoms with Gasteiger partial charge in [0, 0.05) is 32.9 Å². The monoisotopic (exact) mass is 487 g/mol. The van der Waals surface area contributed by atoms with E-state index in [1.165, 1.54) is 17.1 Å². The van der Waals surface area contributed by atoms with Crippen LogP contribution in [-0.2, 0) is 20.8 Å². The highest BCUT2D eigenvalue weighted by atomic mass is 19.1. The number of carbonyl (C=O) groups excluding carboxylic acids is 2. The van der Waals surface area contributed by atoms with Crippen LogP contribution in [0.2, 0.25) is 0 Å². The minimum atomic E-state index is -0.727. The Bertz CT molecular complexity index is 1080. The zero-order valence-electron chi connectivity index (χ0n) is 19.8. The van der Waals surface area contributed by atoms with Gasteiger partial charge in [0.2, 0.25) is 5.82 Å². The lowest BCUT2D eigenvalue weighted by Gasteiger charge is -2.25. The van der Waals surface area contributed by atoms with E-state index < -0.39 is 11.9 Å². The van der Waals surface area contributed by atoms with Gasteiger partial charge in [0.05, 0.1) is 25.8 Å². The van der Waals surface area contributed by atoms with E-state index in [1.807, 2.05) is 11.1 Å². The molecule has 1 saturated heterocycles. The first-order valence-corrected chi connectivity index (χ1v) is 11.5. The first-order chi connectivity index (χ1) is 17.0. The molecule has 2 amide bonds. The number of nitrogens with one attached hydrogen (secondary N) is 2. The normalized spacial score (nSPS) is 20.0. The third-order valence-electron chi connectivity index (χ3n) is 5.90. The van der Waals surface area contributed by atoms with Crippen LogP contribution >= 0.6 is 0 Å². The quantitative estimate of drug-likeness (QED) is 0.466. The first kappa shape index (κ1) is 24.8. The average molecular weight is 488 g/mol. The van der Waals surface area contributed by atoms with Crippen LogP contribution in [0, 0.1) is 5.82 Å². The molecule has 2 N–H and O–H groups in total. The number of likely N-dealkylation sites (N-methyl/N-ethyl adjacent to an activating group) is 1. The molecule has 1 aromatic carbocycles. The van der Waals surface area contributed by atoms with Crippen LogP contribution in [0.15, 0.2) is 42.5 Å². The number of nitrogens with zero attached hydrogens (tertiary/aromatic N) is 5. The van der Waals surface area contributed by atoms with Gasteiger partial charge >= 0.3 is 0 Å². The number of rotatable bonds is 10. The summed E-state index contributed by atoms with van der Waals surface area (Å²) in [6.45, 7) is 2.34. The zero-order chi connectivity index (χ0) is 24.8. The van der Waals surface area contributed by atoms with Gasteiger partial charge in [-0.15, -0.1) is 5.10 Å². The Morgan fingerprint density at radius 2 is 2.11 bits per heavy atom. The SMILES string of the molecule is COCCOCCC1C=C2N(CCC(NC(=O)c3ncn(Cc4ccccc4F)n3)C(=O)N2C)N1. The summed E-state index contributed by atoms with van der Waals surface area (Å²) >= 11 is 0. The smallest absolute Gasteiger partial charge is 0.291 e. The van der Waals surface area contributed by atoms with Gasteiger partial charge in [-0.1, -0.05) is 18.2 Å². The Morgan fingerprint density at radius 1 is 1.29 bits per heavy atom. The second-order valence-electron chi connectivity index (χ2n) is 8.38. The lowest BCUT2D eigenvalue weighted by molar-refractivity contribution is -0.130. The number of aromatic nitrogens is 3. The van der Waals surface area contributed by atoms with E-state index in [9.17, 15) is 14.0 Å². The molecule has 2 atom stereocenters. The molecule has 0 spiro atoms. The molecular formula is C23H30FN7O4. The Balaban J connectivity index is 1.33. The van der Waals surface area contributed by atoms with E-state index in [0.717, 1.165) is 12.2 Å². The van der Waals surface area contributed by atoms with Gasteiger partial charge in [0.25, 0.3) is 11.8 Å². The van der Waals surface area contributed by atoms with Gasteiger partial charge in [-0.2, -0.15) is 0 Å². The lowest BCUT2D eigenvalue weighted by atomic mass is 10.2. The Labute approximate surface area is 202 Å². The summed E-state index contributed by atoms with van der Waals surface area (Å²) in [4.78, 5) is 31.4. The molecule has 2 unspecified atom stereocenters. The second-order valence-corrected chi connectivity index (χ2v) is 8.38. The number of hydrogen-bond donors (Lipinski definition) is 2. The highest BCUT2D eigenvalue weighted by Crippen LogP contribution is 2.22. The highest BCUT2D eigenvalue weighted by molar-refractivity contribution is 5.95. The van der Waals surface area contributed by atoms with Gasteiger partial charge < -0.3 is 14.8 Å². The van der Waals surface area contributed by atoms with Crippen molar-refractivity contribution in [2.75, 3.05) is 40.5 Å². The maximum absolute atomic E-state index is 13.9. The van der Waals surface area contributed by atoms with Crippen LogP contribution in [-0.4, -0.2) is 89.1 Å². The highest BCUT2D eigenvalue weighted by Gasteiger charge is 2.36. The first-order valence-electron chi connectivity index (χ1n) is 11.5. The summed E-state index contributed by atoms with van der Waals surface area (Å²) in [6.07, 6.45) is 4.53. The van der Waals surface area contributed by atoms with Crippen LogP contribution in [0.1, 0.15) is 29.0 Å². The molecule has 188 valence electrons. The minimum absolute atomic E-state index is 0.0524. The van der Waals surface area contributed by atoms with Crippen LogP contribution < -0.4 is 10.7 Å². The molecule has 3 heterocycles. The molecular weight excluding hydrogens is 457 g/mol. The van der Waals surface area contributed by atoms with Crippen LogP contribution in [0.3, 0.4) is 0 Å². The number of ether oxygens (including phenoxy) is 2. The van der Waals surface area contributed by atoms with Crippen molar-refractivity contribution in [3.8, 4) is 0 Å². The number of amides is 2. The summed E-state index contributed by atoms with van der Waals surface area (Å²) in [5.41, 5.74) is 3.81. The Hall–Kier alpha value is -3.35. The molecule has 0 radical (unpaired) electrons. The number of hydrogen-bond acceptors (Lipinski definition) is 8. The number of fused-ring (bicyclic) bond motifs is 1. The predicted octanol–water partition coefficient (Wildman–Crippen LogP) is 0.509. The van der Waals surface area contributed by atoms with Crippen molar-refractivity contribution in [3.05, 3.63) is 59.7 Å². The molecule has 1 fully saturated rings. The lowest BCUT2D eigenvalue weighted by Crippen LogP contribution is -2.46. The number of hydrazine groups is 1. The third-order valence-corrected chi connectivity index (χ3v) is 5.90. The van der Waals surface area contributed by atoms with E-state index in [4.69, 9.17) is 9.47 Å². The van der Waals surface area contributed by atoms with E-state index in [1.54, 1.807) is 37.3 Å². The predicted molar refractivity (Wildman–Crippen MR) is 123 cm³/mol. The molecule has 11 nitrogen and oxygen atoms in total. The van der Waals surface area contributed by atoms with Crippen molar-refractivity contribution in [3.63, 3.8) is 0 Å². The van der Waals surface area contributed by atoms with Crippen molar-refractivity contribution in [2.45, 2.75) is 31.5 Å². The Kier molecular flexibility index (Phi) is 8.06. The summed E-state index contributed by atoms with van der Waals surface area (Å²) in [5, 5.41) is 8.81. The van der Waals surface area contributed by atoms with Crippen molar-refractivity contribution in [1.82, 2.24) is 35.4 Å². The van der Waals surface area contributed by atoms with Gasteiger partial charge in [-0.3, -0.25) is 19.5 Å². The van der Waals surface area contributed by atoms with E-state index in [-0.39, 0.29) is 30.1 Å². The molecule has 0 bridgehead atoms. The maximum atomic E-state index is 13.9. The van der Waals surface area contributed by atoms with Gasteiger partial charge in [0.1, 0.15) is 24.0 Å². The number of methoxy groups -OCH3 is 1. The summed E-state index contributed by atoms with van der Waals surface area (Å²) in [7, 11) is 3.32. The Morgan fingerprint density at radius 3 is 2.91 bits per heavy atom. The van der Waals surface area contributed by atoms with Crippen LogP contribution in [0.4, 0.5) is 4.39 Å². The van der Waals surface area contributed by atoms with E-state index in [2.05, 4.69) is 20.8 Å². The topological polar surface area (TPSA) is 114 Å².